The molecule has 1 fully saturated rings. The van der Waals surface area contributed by atoms with Crippen molar-refractivity contribution in [2.45, 2.75) is 38.5 Å². The van der Waals surface area contributed by atoms with Gasteiger partial charge in [0.25, 0.3) is 0 Å². The van der Waals surface area contributed by atoms with E-state index in [-0.39, 0.29) is 6.23 Å². The number of hydrogen-bond acceptors (Lipinski definition) is 5. The second-order valence-electron chi connectivity index (χ2n) is 6.18. The molecule has 0 aliphatic carbocycles. The van der Waals surface area contributed by atoms with Crippen LogP contribution in [-0.2, 0) is 11.3 Å². The normalized spacial score (nSPS) is 18.2. The van der Waals surface area contributed by atoms with Gasteiger partial charge in [0, 0.05) is 13.2 Å². The summed E-state index contributed by atoms with van der Waals surface area (Å²) in [6.45, 7) is 1.25. The first-order valence-corrected chi connectivity index (χ1v) is 8.61. The van der Waals surface area contributed by atoms with Crippen LogP contribution in [0.1, 0.15) is 37.5 Å². The number of fused-ring (bicyclic) bond motifs is 1. The zero-order chi connectivity index (χ0) is 17.1. The van der Waals surface area contributed by atoms with Crippen molar-refractivity contribution in [1.82, 2.24) is 19.5 Å². The Morgan fingerprint density at radius 3 is 2.92 bits per heavy atom. The molecule has 3 aromatic rings. The molecule has 1 aliphatic heterocycles. The van der Waals surface area contributed by atoms with Gasteiger partial charge in [-0.15, -0.1) is 0 Å². The molecule has 0 spiro atoms. The summed E-state index contributed by atoms with van der Waals surface area (Å²) in [5.74, 6) is 0.402. The van der Waals surface area contributed by atoms with Crippen molar-refractivity contribution in [3.63, 3.8) is 0 Å². The van der Waals surface area contributed by atoms with Crippen LogP contribution >= 0.6 is 0 Å². The van der Waals surface area contributed by atoms with Gasteiger partial charge in [-0.2, -0.15) is 14.4 Å². The first kappa shape index (κ1) is 16.0. The Kier molecular flexibility index (Phi) is 4.56. The van der Waals surface area contributed by atoms with Crippen LogP contribution in [0.2, 0.25) is 0 Å². The average molecular weight is 341 g/mol. The quantitative estimate of drug-likeness (QED) is 0.734. The van der Waals surface area contributed by atoms with Crippen LogP contribution in [0.4, 0.5) is 10.2 Å². The van der Waals surface area contributed by atoms with E-state index >= 15 is 0 Å². The van der Waals surface area contributed by atoms with E-state index < -0.39 is 6.08 Å². The molecule has 6 nitrogen and oxygen atoms in total. The number of nitrogens with zero attached hydrogens (tertiary/aromatic N) is 4. The number of aromatic nitrogens is 4. The maximum Gasteiger partial charge on any atom is 0.312 e. The minimum absolute atomic E-state index is 0.149. The molecule has 0 bridgehead atoms. The van der Waals surface area contributed by atoms with Gasteiger partial charge >= 0.3 is 6.08 Å². The lowest BCUT2D eigenvalue weighted by molar-refractivity contribution is 0.00928. The highest BCUT2D eigenvalue weighted by Crippen LogP contribution is 2.27. The third kappa shape index (κ3) is 3.46. The Morgan fingerprint density at radius 2 is 2.04 bits per heavy atom. The summed E-state index contributed by atoms with van der Waals surface area (Å²) in [5.41, 5.74) is 2.11. The molecule has 0 amide bonds. The highest BCUT2D eigenvalue weighted by atomic mass is 19.1. The smallest absolute Gasteiger partial charge is 0.312 e. The summed E-state index contributed by atoms with van der Waals surface area (Å²) in [7, 11) is 0. The Bertz CT molecular complexity index is 843. The van der Waals surface area contributed by atoms with Gasteiger partial charge in [-0.3, -0.25) is 4.57 Å². The number of nitrogens with one attached hydrogen (secondary N) is 1. The van der Waals surface area contributed by atoms with Crippen LogP contribution in [0.5, 0.6) is 0 Å². The van der Waals surface area contributed by atoms with Crippen molar-refractivity contribution in [2.24, 2.45) is 0 Å². The molecule has 1 aromatic carbocycles. The molecular formula is C18H20FN5O. The molecule has 7 heteroatoms. The maximum atomic E-state index is 14.0. The molecule has 0 radical (unpaired) electrons. The Labute approximate surface area is 145 Å². The topological polar surface area (TPSA) is 64.9 Å². The van der Waals surface area contributed by atoms with Gasteiger partial charge in [-0.25, -0.2) is 4.98 Å². The monoisotopic (exact) mass is 341 g/mol. The molecule has 2 aromatic heterocycles. The standard InChI is InChI=1S/C18H20FN5O/c19-18-22-16(20-11-13-7-3-1-4-8-13)15-17(23-18)24(12-21-15)14-9-5-2-6-10-25-14/h1,3-4,7-8,12,14H,2,5-6,9-11H2,(H,20,22,23). The van der Waals surface area contributed by atoms with E-state index in [2.05, 4.69) is 20.3 Å². The Morgan fingerprint density at radius 1 is 1.16 bits per heavy atom. The predicted molar refractivity (Wildman–Crippen MR) is 92.5 cm³/mol. The lowest BCUT2D eigenvalue weighted by Gasteiger charge is -2.16. The largest absolute Gasteiger partial charge is 0.364 e. The maximum absolute atomic E-state index is 14.0. The van der Waals surface area contributed by atoms with Crippen LogP contribution in [0.15, 0.2) is 36.7 Å². The Hall–Kier alpha value is -2.54. The molecular weight excluding hydrogens is 321 g/mol. The van der Waals surface area contributed by atoms with Gasteiger partial charge in [0.05, 0.1) is 6.33 Å². The van der Waals surface area contributed by atoms with E-state index in [0.717, 1.165) is 31.2 Å². The summed E-state index contributed by atoms with van der Waals surface area (Å²) >= 11 is 0. The number of rotatable bonds is 4. The van der Waals surface area contributed by atoms with Crippen LogP contribution < -0.4 is 5.32 Å². The second kappa shape index (κ2) is 7.14. The van der Waals surface area contributed by atoms with E-state index in [1.54, 1.807) is 6.33 Å². The number of ether oxygens (including phenoxy) is 1. The van der Waals surface area contributed by atoms with Crippen molar-refractivity contribution in [1.29, 1.82) is 0 Å². The highest BCUT2D eigenvalue weighted by molar-refractivity contribution is 5.82. The molecule has 1 atom stereocenters. The zero-order valence-corrected chi connectivity index (χ0v) is 13.9. The van der Waals surface area contributed by atoms with E-state index in [1.165, 1.54) is 0 Å². The number of halogens is 1. The van der Waals surface area contributed by atoms with Crippen molar-refractivity contribution < 1.29 is 9.13 Å². The zero-order valence-electron chi connectivity index (χ0n) is 13.9. The van der Waals surface area contributed by atoms with Crippen molar-refractivity contribution >= 4 is 17.0 Å². The summed E-state index contributed by atoms with van der Waals surface area (Å²) in [5, 5.41) is 3.17. The highest BCUT2D eigenvalue weighted by Gasteiger charge is 2.20. The number of imidazole rings is 1. The van der Waals surface area contributed by atoms with Crippen molar-refractivity contribution in [3.05, 3.63) is 48.3 Å². The summed E-state index contributed by atoms with van der Waals surface area (Å²) in [6.07, 6.45) is 4.91. The van der Waals surface area contributed by atoms with E-state index in [4.69, 9.17) is 4.74 Å². The molecule has 1 unspecified atom stereocenters. The van der Waals surface area contributed by atoms with Crippen LogP contribution in [0, 0.1) is 6.08 Å². The lowest BCUT2D eigenvalue weighted by atomic mass is 10.2. The Balaban J connectivity index is 1.64. The minimum Gasteiger partial charge on any atom is -0.364 e. The molecule has 4 rings (SSSR count). The van der Waals surface area contributed by atoms with E-state index in [1.807, 2.05) is 34.9 Å². The third-order valence-corrected chi connectivity index (χ3v) is 4.41. The SMILES string of the molecule is Fc1nc(NCc2ccccc2)c2ncn(C3CCCCCO3)c2n1. The van der Waals surface area contributed by atoms with Gasteiger partial charge in [0.1, 0.15) is 6.23 Å². The predicted octanol–water partition coefficient (Wildman–Crippen LogP) is 3.67. The molecule has 1 N–H and O–H groups in total. The van der Waals surface area contributed by atoms with Crippen LogP contribution in [-0.4, -0.2) is 26.1 Å². The van der Waals surface area contributed by atoms with Crippen LogP contribution in [0.3, 0.4) is 0 Å². The molecule has 3 heterocycles. The average Bonchev–Trinajstić information content (AvgIpc) is 2.87. The lowest BCUT2D eigenvalue weighted by Crippen LogP contribution is -2.12. The first-order valence-electron chi connectivity index (χ1n) is 8.61. The second-order valence-corrected chi connectivity index (χ2v) is 6.18. The molecule has 25 heavy (non-hydrogen) atoms. The summed E-state index contributed by atoms with van der Waals surface area (Å²) in [4.78, 5) is 12.3. The van der Waals surface area contributed by atoms with Gasteiger partial charge in [-0.05, 0) is 24.8 Å². The molecule has 1 saturated heterocycles. The number of anilines is 1. The fourth-order valence-electron chi connectivity index (χ4n) is 3.13. The van der Waals surface area contributed by atoms with Gasteiger partial charge in [-0.1, -0.05) is 36.8 Å². The van der Waals surface area contributed by atoms with E-state index in [9.17, 15) is 4.39 Å². The van der Waals surface area contributed by atoms with Crippen LogP contribution in [0.25, 0.3) is 11.2 Å². The molecule has 130 valence electrons. The summed E-state index contributed by atoms with van der Waals surface area (Å²) < 4.78 is 21.7. The first-order chi connectivity index (χ1) is 12.3. The van der Waals surface area contributed by atoms with Crippen molar-refractivity contribution in [3.8, 4) is 0 Å². The van der Waals surface area contributed by atoms with Gasteiger partial charge < -0.3 is 10.1 Å². The van der Waals surface area contributed by atoms with Crippen molar-refractivity contribution in [2.75, 3.05) is 11.9 Å². The fraction of sp³-hybridized carbons (Fsp3) is 0.389. The van der Waals surface area contributed by atoms with Gasteiger partial charge in [0.2, 0.25) is 0 Å². The number of benzene rings is 1. The van der Waals surface area contributed by atoms with Gasteiger partial charge in [0.15, 0.2) is 17.0 Å². The van der Waals surface area contributed by atoms with E-state index in [0.29, 0.717) is 30.1 Å². The molecule has 1 aliphatic rings. The minimum atomic E-state index is -0.765. The number of hydrogen-bond donors (Lipinski definition) is 1. The third-order valence-electron chi connectivity index (χ3n) is 4.41. The summed E-state index contributed by atoms with van der Waals surface area (Å²) in [6, 6.07) is 9.89. The fourth-order valence-corrected chi connectivity index (χ4v) is 3.13. The molecule has 0 saturated carbocycles.